The van der Waals surface area contributed by atoms with Gasteiger partial charge in [-0.2, -0.15) is 0 Å². The first kappa shape index (κ1) is 22.3. The molecule has 0 unspecified atom stereocenters. The molecule has 0 fully saturated rings. The van der Waals surface area contributed by atoms with Crippen LogP contribution in [0.3, 0.4) is 0 Å². The van der Waals surface area contributed by atoms with Gasteiger partial charge in [-0.25, -0.2) is 9.29 Å². The maximum Gasteiger partial charge on any atom is 0.282 e. The van der Waals surface area contributed by atoms with Gasteiger partial charge in [0.25, 0.3) is 11.8 Å². The van der Waals surface area contributed by atoms with Gasteiger partial charge < -0.3 is 10.2 Å². The van der Waals surface area contributed by atoms with Crippen LogP contribution in [0.2, 0.25) is 0 Å². The highest BCUT2D eigenvalue weighted by Crippen LogP contribution is 2.34. The number of nitrogens with zero attached hydrogens (tertiary/aromatic N) is 2. The molecule has 5 nitrogen and oxygen atoms in total. The van der Waals surface area contributed by atoms with Crippen molar-refractivity contribution in [2.45, 2.75) is 19.8 Å². The zero-order valence-corrected chi connectivity index (χ0v) is 19.1. The molecule has 2 amide bonds. The van der Waals surface area contributed by atoms with Crippen molar-refractivity contribution in [3.63, 3.8) is 0 Å². The third-order valence-corrected chi connectivity index (χ3v) is 5.69. The highest BCUT2D eigenvalue weighted by atomic mass is 19.1. The monoisotopic (exact) mass is 443 g/mol. The number of anilines is 3. The number of hydrogen-bond donors (Lipinski definition) is 1. The Morgan fingerprint density at radius 2 is 1.42 bits per heavy atom. The van der Waals surface area contributed by atoms with Crippen LogP contribution in [-0.2, 0) is 9.59 Å². The minimum Gasteiger partial charge on any atom is -0.378 e. The summed E-state index contributed by atoms with van der Waals surface area (Å²) in [6.07, 6.45) is 0. The Morgan fingerprint density at radius 1 is 0.818 bits per heavy atom. The molecule has 0 aliphatic carbocycles. The predicted molar refractivity (Wildman–Crippen MR) is 131 cm³/mol. The van der Waals surface area contributed by atoms with Crippen LogP contribution in [0.4, 0.5) is 21.5 Å². The van der Waals surface area contributed by atoms with Crippen molar-refractivity contribution >= 4 is 34.4 Å². The fraction of sp³-hybridized carbons (Fsp3) is 0.185. The minimum absolute atomic E-state index is 0.164. The summed E-state index contributed by atoms with van der Waals surface area (Å²) in [4.78, 5) is 30.1. The van der Waals surface area contributed by atoms with Crippen molar-refractivity contribution in [3.8, 4) is 0 Å². The molecule has 0 saturated carbocycles. The summed E-state index contributed by atoms with van der Waals surface area (Å²) in [7, 11) is 3.89. The van der Waals surface area contributed by atoms with Crippen molar-refractivity contribution < 1.29 is 14.0 Å². The average Bonchev–Trinajstić information content (AvgIpc) is 3.04. The minimum atomic E-state index is -0.451. The van der Waals surface area contributed by atoms with Gasteiger partial charge in [0.2, 0.25) is 0 Å². The van der Waals surface area contributed by atoms with Crippen molar-refractivity contribution in [3.05, 3.63) is 95.4 Å². The van der Waals surface area contributed by atoms with E-state index in [9.17, 15) is 14.0 Å². The fourth-order valence-electron chi connectivity index (χ4n) is 3.76. The van der Waals surface area contributed by atoms with E-state index in [0.717, 1.165) is 11.3 Å². The summed E-state index contributed by atoms with van der Waals surface area (Å²) in [6.45, 7) is 4.16. The van der Waals surface area contributed by atoms with Crippen LogP contribution in [-0.4, -0.2) is 25.9 Å². The maximum atomic E-state index is 13.5. The molecule has 3 aromatic rings. The van der Waals surface area contributed by atoms with Crippen LogP contribution >= 0.6 is 0 Å². The Balaban J connectivity index is 1.75. The Kier molecular flexibility index (Phi) is 6.01. The molecule has 0 atom stereocenters. The molecular formula is C27H26FN3O2. The zero-order chi connectivity index (χ0) is 23.7. The number of hydrogen-bond acceptors (Lipinski definition) is 4. The second-order valence-corrected chi connectivity index (χ2v) is 8.52. The van der Waals surface area contributed by atoms with E-state index in [1.165, 1.54) is 29.2 Å². The molecule has 0 saturated heterocycles. The number of rotatable bonds is 6. The van der Waals surface area contributed by atoms with Gasteiger partial charge in [-0.3, -0.25) is 9.59 Å². The summed E-state index contributed by atoms with van der Waals surface area (Å²) in [5.41, 5.74) is 4.14. The topological polar surface area (TPSA) is 52.7 Å². The Labute approximate surface area is 193 Å². The van der Waals surface area contributed by atoms with E-state index < -0.39 is 17.6 Å². The van der Waals surface area contributed by atoms with Crippen LogP contribution in [0, 0.1) is 5.82 Å². The molecule has 0 bridgehead atoms. The maximum absolute atomic E-state index is 13.5. The SMILES string of the molecule is CC(C)c1ccc(N2C(=O)C(Nc3ccc(N(C)C)cc3)=C(c3ccc(F)cc3)C2=O)cc1. The van der Waals surface area contributed by atoms with Gasteiger partial charge in [-0.1, -0.05) is 38.1 Å². The first-order valence-electron chi connectivity index (χ1n) is 10.8. The van der Waals surface area contributed by atoms with Crippen molar-refractivity contribution in [2.75, 3.05) is 29.2 Å². The van der Waals surface area contributed by atoms with Crippen LogP contribution in [0.5, 0.6) is 0 Å². The molecule has 3 aromatic carbocycles. The summed E-state index contributed by atoms with van der Waals surface area (Å²) < 4.78 is 13.5. The van der Waals surface area contributed by atoms with Gasteiger partial charge in [0.05, 0.1) is 11.3 Å². The lowest BCUT2D eigenvalue weighted by Crippen LogP contribution is -2.32. The van der Waals surface area contributed by atoms with Crippen molar-refractivity contribution in [1.82, 2.24) is 0 Å². The van der Waals surface area contributed by atoms with Crippen LogP contribution < -0.4 is 15.1 Å². The van der Waals surface area contributed by atoms with E-state index in [1.807, 2.05) is 55.4 Å². The lowest BCUT2D eigenvalue weighted by Gasteiger charge is -2.17. The predicted octanol–water partition coefficient (Wildman–Crippen LogP) is 5.41. The summed E-state index contributed by atoms with van der Waals surface area (Å²) in [5, 5.41) is 3.14. The van der Waals surface area contributed by atoms with E-state index in [1.54, 1.807) is 12.1 Å². The van der Waals surface area contributed by atoms with Gasteiger partial charge in [0.15, 0.2) is 0 Å². The number of imide groups is 1. The Hall–Kier alpha value is -3.93. The lowest BCUT2D eigenvalue weighted by atomic mass is 10.0. The van der Waals surface area contributed by atoms with E-state index in [2.05, 4.69) is 19.2 Å². The average molecular weight is 444 g/mol. The number of benzene rings is 3. The van der Waals surface area contributed by atoms with E-state index in [0.29, 0.717) is 22.9 Å². The molecule has 0 spiro atoms. The molecular weight excluding hydrogens is 417 g/mol. The summed E-state index contributed by atoms with van der Waals surface area (Å²) in [5.74, 6) is -0.977. The molecule has 1 N–H and O–H groups in total. The Bertz CT molecular complexity index is 1210. The molecule has 1 aliphatic heterocycles. The molecule has 1 heterocycles. The van der Waals surface area contributed by atoms with Gasteiger partial charge in [-0.15, -0.1) is 0 Å². The smallest absolute Gasteiger partial charge is 0.282 e. The highest BCUT2D eigenvalue weighted by Gasteiger charge is 2.40. The molecule has 0 radical (unpaired) electrons. The van der Waals surface area contributed by atoms with Crippen molar-refractivity contribution in [1.29, 1.82) is 0 Å². The third kappa shape index (κ3) is 4.37. The summed E-state index contributed by atoms with van der Waals surface area (Å²) >= 11 is 0. The number of carbonyl (C=O) groups excluding carboxylic acids is 2. The number of nitrogens with one attached hydrogen (secondary N) is 1. The molecule has 4 rings (SSSR count). The van der Waals surface area contributed by atoms with E-state index in [-0.39, 0.29) is 11.3 Å². The lowest BCUT2D eigenvalue weighted by molar-refractivity contribution is -0.120. The second-order valence-electron chi connectivity index (χ2n) is 8.52. The van der Waals surface area contributed by atoms with Gasteiger partial charge >= 0.3 is 0 Å². The molecule has 0 aromatic heterocycles. The first-order chi connectivity index (χ1) is 15.8. The van der Waals surface area contributed by atoms with E-state index >= 15 is 0 Å². The molecule has 6 heteroatoms. The Morgan fingerprint density at radius 3 is 1.97 bits per heavy atom. The fourth-order valence-corrected chi connectivity index (χ4v) is 3.76. The van der Waals surface area contributed by atoms with Gasteiger partial charge in [-0.05, 0) is 65.6 Å². The standard InChI is InChI=1S/C27H26FN3O2/c1-17(2)18-7-13-23(14-8-18)31-26(32)24(19-5-9-20(28)10-6-19)25(27(31)33)29-21-11-15-22(16-12-21)30(3)4/h5-17,29H,1-4H3. The number of amides is 2. The quantitative estimate of drug-likeness (QED) is 0.518. The highest BCUT2D eigenvalue weighted by molar-refractivity contribution is 6.46. The number of halogens is 1. The molecule has 33 heavy (non-hydrogen) atoms. The van der Waals surface area contributed by atoms with Crippen molar-refractivity contribution in [2.24, 2.45) is 0 Å². The van der Waals surface area contributed by atoms with Crippen LogP contribution in [0.15, 0.2) is 78.5 Å². The molecule has 168 valence electrons. The zero-order valence-electron chi connectivity index (χ0n) is 19.1. The number of carbonyl (C=O) groups is 2. The second kappa shape index (κ2) is 8.90. The van der Waals surface area contributed by atoms with Gasteiger partial charge in [0.1, 0.15) is 11.5 Å². The third-order valence-electron chi connectivity index (χ3n) is 5.69. The van der Waals surface area contributed by atoms with Gasteiger partial charge in [0, 0.05) is 25.5 Å². The largest absolute Gasteiger partial charge is 0.378 e. The first-order valence-corrected chi connectivity index (χ1v) is 10.8. The van der Waals surface area contributed by atoms with E-state index in [4.69, 9.17) is 0 Å². The molecule has 1 aliphatic rings. The summed E-state index contributed by atoms with van der Waals surface area (Å²) in [6, 6.07) is 20.5. The van der Waals surface area contributed by atoms with Crippen LogP contribution in [0.1, 0.15) is 30.9 Å². The van der Waals surface area contributed by atoms with Crippen LogP contribution in [0.25, 0.3) is 5.57 Å². The normalized spacial score (nSPS) is 13.8.